The van der Waals surface area contributed by atoms with Gasteiger partial charge in [0, 0.05) is 26.2 Å². The molecule has 2 rings (SSSR count). The van der Waals surface area contributed by atoms with Crippen LogP contribution in [0.4, 0.5) is 4.39 Å². The first-order valence-corrected chi connectivity index (χ1v) is 8.93. The van der Waals surface area contributed by atoms with E-state index >= 15 is 0 Å². The fraction of sp³-hybridized carbons (Fsp3) is 0.300. The van der Waals surface area contributed by atoms with Crippen molar-refractivity contribution in [1.82, 2.24) is 16.0 Å². The Labute approximate surface area is 158 Å². The highest BCUT2D eigenvalue weighted by Gasteiger charge is 2.09. The second kappa shape index (κ2) is 10.8. The van der Waals surface area contributed by atoms with E-state index < -0.39 is 0 Å². The average molecular weight is 372 g/mol. The second-order valence-electron chi connectivity index (χ2n) is 5.80. The molecule has 0 aliphatic carbocycles. The minimum Gasteiger partial charge on any atom is -0.507 e. The largest absolute Gasteiger partial charge is 0.507 e. The fourth-order valence-corrected chi connectivity index (χ4v) is 2.45. The molecule has 0 aliphatic heterocycles. The molecule has 0 radical (unpaired) electrons. The van der Waals surface area contributed by atoms with Gasteiger partial charge in [-0.25, -0.2) is 4.39 Å². The van der Waals surface area contributed by atoms with Crippen LogP contribution in [0.5, 0.6) is 5.75 Å². The van der Waals surface area contributed by atoms with Crippen LogP contribution in [0.3, 0.4) is 0 Å². The lowest BCUT2D eigenvalue weighted by atomic mass is 10.1. The predicted molar refractivity (Wildman–Crippen MR) is 105 cm³/mol. The smallest absolute Gasteiger partial charge is 0.255 e. The van der Waals surface area contributed by atoms with E-state index in [1.807, 2.05) is 6.92 Å². The first-order chi connectivity index (χ1) is 13.1. The highest BCUT2D eigenvalue weighted by atomic mass is 19.1. The van der Waals surface area contributed by atoms with Crippen LogP contribution >= 0.6 is 0 Å². The molecule has 2 aromatic carbocycles. The standard InChI is InChI=1S/C20H25FN4O2/c1-2-22-20(24-12-11-15-7-3-5-9-17(15)21)25-14-13-23-19(27)16-8-4-6-10-18(16)26/h3-10,26H,2,11-14H2,1H3,(H,23,27)(H2,22,24,25). The van der Waals surface area contributed by atoms with Crippen LogP contribution in [0.1, 0.15) is 22.8 Å². The molecule has 2 aromatic rings. The van der Waals surface area contributed by atoms with Crippen LogP contribution in [0.15, 0.2) is 53.5 Å². The van der Waals surface area contributed by atoms with Crippen molar-refractivity contribution in [3.05, 3.63) is 65.5 Å². The van der Waals surface area contributed by atoms with Crippen molar-refractivity contribution < 1.29 is 14.3 Å². The number of rotatable bonds is 8. The molecular formula is C20H25FN4O2. The summed E-state index contributed by atoms with van der Waals surface area (Å²) in [5.74, 6) is -0.00872. The van der Waals surface area contributed by atoms with E-state index in [4.69, 9.17) is 0 Å². The molecule has 0 saturated carbocycles. The predicted octanol–water partition coefficient (Wildman–Crippen LogP) is 2.06. The summed E-state index contributed by atoms with van der Waals surface area (Å²) in [6.45, 7) is 3.92. The molecule has 7 heteroatoms. The van der Waals surface area contributed by atoms with E-state index in [1.165, 1.54) is 12.1 Å². The lowest BCUT2D eigenvalue weighted by molar-refractivity contribution is 0.0951. The lowest BCUT2D eigenvalue weighted by Gasteiger charge is -2.12. The molecule has 1 amide bonds. The Morgan fingerprint density at radius 1 is 1.04 bits per heavy atom. The summed E-state index contributed by atoms with van der Waals surface area (Å²) in [5, 5.41) is 18.6. The van der Waals surface area contributed by atoms with Gasteiger partial charge >= 0.3 is 0 Å². The summed E-state index contributed by atoms with van der Waals surface area (Å²) in [5.41, 5.74) is 0.870. The first kappa shape index (κ1) is 20.2. The number of benzene rings is 2. The number of halogens is 1. The Kier molecular flexibility index (Phi) is 8.09. The van der Waals surface area contributed by atoms with Crippen molar-refractivity contribution in [1.29, 1.82) is 0 Å². The van der Waals surface area contributed by atoms with Crippen molar-refractivity contribution in [3.63, 3.8) is 0 Å². The number of aliphatic imine (C=N–C) groups is 1. The third-order valence-corrected chi connectivity index (χ3v) is 3.80. The number of hydrogen-bond donors (Lipinski definition) is 4. The van der Waals surface area contributed by atoms with Gasteiger partial charge in [-0.3, -0.25) is 9.79 Å². The number of aromatic hydroxyl groups is 1. The highest BCUT2D eigenvalue weighted by molar-refractivity contribution is 5.96. The van der Waals surface area contributed by atoms with Gasteiger partial charge in [-0.05, 0) is 37.1 Å². The number of carbonyl (C=O) groups is 1. The molecule has 0 aliphatic rings. The second-order valence-corrected chi connectivity index (χ2v) is 5.80. The van der Waals surface area contributed by atoms with Crippen LogP contribution < -0.4 is 16.0 Å². The Morgan fingerprint density at radius 2 is 1.74 bits per heavy atom. The number of nitrogens with one attached hydrogen (secondary N) is 3. The number of amides is 1. The molecule has 0 heterocycles. The van der Waals surface area contributed by atoms with Gasteiger partial charge in [0.25, 0.3) is 5.91 Å². The molecule has 0 spiro atoms. The number of phenolic OH excluding ortho intramolecular Hbond substituents is 1. The fourth-order valence-electron chi connectivity index (χ4n) is 2.45. The zero-order chi connectivity index (χ0) is 19.5. The molecule has 4 N–H and O–H groups in total. The molecule has 0 aromatic heterocycles. The maximum absolute atomic E-state index is 13.6. The van der Waals surface area contributed by atoms with Gasteiger partial charge in [-0.2, -0.15) is 0 Å². The van der Waals surface area contributed by atoms with E-state index in [2.05, 4.69) is 20.9 Å². The molecule has 0 fully saturated rings. The van der Waals surface area contributed by atoms with Crippen LogP contribution in [0.2, 0.25) is 0 Å². The summed E-state index contributed by atoms with van der Waals surface area (Å²) in [7, 11) is 0. The van der Waals surface area contributed by atoms with Crippen molar-refractivity contribution >= 4 is 11.9 Å². The third kappa shape index (κ3) is 6.62. The van der Waals surface area contributed by atoms with Crippen LogP contribution in [-0.4, -0.2) is 43.2 Å². The third-order valence-electron chi connectivity index (χ3n) is 3.80. The zero-order valence-electron chi connectivity index (χ0n) is 15.3. The van der Waals surface area contributed by atoms with E-state index in [-0.39, 0.29) is 23.0 Å². The van der Waals surface area contributed by atoms with Gasteiger partial charge in [0.15, 0.2) is 5.96 Å². The summed E-state index contributed by atoms with van der Waals surface area (Å²) >= 11 is 0. The maximum atomic E-state index is 13.6. The number of nitrogens with zero attached hydrogens (tertiary/aromatic N) is 1. The van der Waals surface area contributed by atoms with Gasteiger partial charge < -0.3 is 21.1 Å². The highest BCUT2D eigenvalue weighted by Crippen LogP contribution is 2.14. The average Bonchev–Trinajstić information content (AvgIpc) is 2.67. The molecule has 0 saturated heterocycles. The van der Waals surface area contributed by atoms with E-state index in [1.54, 1.807) is 36.4 Å². The van der Waals surface area contributed by atoms with Gasteiger partial charge in [0.05, 0.1) is 5.56 Å². The van der Waals surface area contributed by atoms with Crippen LogP contribution in [-0.2, 0) is 6.42 Å². The van der Waals surface area contributed by atoms with Gasteiger partial charge in [-0.1, -0.05) is 30.3 Å². The number of phenols is 1. The Hall–Kier alpha value is -3.09. The molecule has 0 atom stereocenters. The van der Waals surface area contributed by atoms with Crippen molar-refractivity contribution in [3.8, 4) is 5.75 Å². The van der Waals surface area contributed by atoms with Crippen LogP contribution in [0.25, 0.3) is 0 Å². The zero-order valence-corrected chi connectivity index (χ0v) is 15.3. The lowest BCUT2D eigenvalue weighted by Crippen LogP contribution is -2.41. The summed E-state index contributed by atoms with van der Waals surface area (Å²) in [6, 6.07) is 13.0. The monoisotopic (exact) mass is 372 g/mol. The van der Waals surface area contributed by atoms with E-state index in [0.717, 1.165) is 0 Å². The Bertz CT molecular complexity index is 780. The van der Waals surface area contributed by atoms with Crippen LogP contribution in [0, 0.1) is 5.82 Å². The molecule has 6 nitrogen and oxygen atoms in total. The number of hydrogen-bond acceptors (Lipinski definition) is 3. The van der Waals surface area contributed by atoms with E-state index in [9.17, 15) is 14.3 Å². The maximum Gasteiger partial charge on any atom is 0.255 e. The first-order valence-electron chi connectivity index (χ1n) is 8.93. The molecular weight excluding hydrogens is 347 g/mol. The SMILES string of the molecule is CCNC(=NCCc1ccccc1F)NCCNC(=O)c1ccccc1O. The number of guanidine groups is 1. The minimum absolute atomic E-state index is 0.0500. The van der Waals surface area contributed by atoms with Gasteiger partial charge in [0.1, 0.15) is 11.6 Å². The Balaban J connectivity index is 1.77. The number of para-hydroxylation sites is 1. The van der Waals surface area contributed by atoms with Gasteiger partial charge in [0.2, 0.25) is 0 Å². The summed E-state index contributed by atoms with van der Waals surface area (Å²) in [6.07, 6.45) is 0.507. The number of carbonyl (C=O) groups excluding carboxylic acids is 1. The van der Waals surface area contributed by atoms with Crippen molar-refractivity contribution in [2.45, 2.75) is 13.3 Å². The minimum atomic E-state index is -0.337. The topological polar surface area (TPSA) is 85.8 Å². The molecule has 0 unspecified atom stereocenters. The normalized spacial score (nSPS) is 11.1. The molecule has 27 heavy (non-hydrogen) atoms. The van der Waals surface area contributed by atoms with Crippen molar-refractivity contribution in [2.75, 3.05) is 26.2 Å². The summed E-state index contributed by atoms with van der Waals surface area (Å²) < 4.78 is 13.6. The Morgan fingerprint density at radius 3 is 2.48 bits per heavy atom. The van der Waals surface area contributed by atoms with Crippen molar-refractivity contribution in [2.24, 2.45) is 4.99 Å². The molecule has 0 bridgehead atoms. The van der Waals surface area contributed by atoms with Gasteiger partial charge in [-0.15, -0.1) is 0 Å². The van der Waals surface area contributed by atoms with E-state index in [0.29, 0.717) is 44.1 Å². The molecule has 144 valence electrons. The quantitative estimate of drug-likeness (QED) is 0.325. The summed E-state index contributed by atoms with van der Waals surface area (Å²) in [4.78, 5) is 16.4.